The molecule has 22 heavy (non-hydrogen) atoms. The molecule has 1 aromatic rings. The second-order valence-electron chi connectivity index (χ2n) is 7.44. The lowest BCUT2D eigenvalue weighted by molar-refractivity contribution is 0.00578. The lowest BCUT2D eigenvalue weighted by atomic mass is 9.85. The molecule has 3 heterocycles. The Morgan fingerprint density at radius 3 is 2.55 bits per heavy atom. The van der Waals surface area contributed by atoms with Gasteiger partial charge in [-0.25, -0.2) is 4.98 Å². The molecule has 0 amide bonds. The van der Waals surface area contributed by atoms with E-state index in [1.54, 1.807) is 0 Å². The van der Waals surface area contributed by atoms with E-state index in [0.29, 0.717) is 11.7 Å². The Hall–Kier alpha value is -1.14. The molecule has 1 unspecified atom stereocenters. The van der Waals surface area contributed by atoms with E-state index in [1.807, 2.05) is 27.7 Å². The Labute approximate surface area is 136 Å². The largest absolute Gasteiger partial charge is 0.516 e. The molecule has 5 nitrogen and oxygen atoms in total. The van der Waals surface area contributed by atoms with Crippen LogP contribution in [-0.2, 0) is 9.31 Å². The van der Waals surface area contributed by atoms with Crippen LogP contribution in [0.2, 0.25) is 0 Å². The number of piperidine rings is 1. The first-order chi connectivity index (χ1) is 11.1. The molecule has 0 spiro atoms. The monoisotopic (exact) mass is 305 g/mol. The normalized spacial score (nSPS) is 28.5. The summed E-state index contributed by atoms with van der Waals surface area (Å²) in [4.78, 5) is 10.7. The summed E-state index contributed by atoms with van der Waals surface area (Å²) in [6.07, 6.45) is 2.38. The van der Waals surface area contributed by atoms with Gasteiger partial charge < -0.3 is 14.2 Å². The molecule has 2 fully saturated rings. The zero-order valence-corrected chi connectivity index (χ0v) is 14.1. The zero-order valence-electron chi connectivity index (χ0n) is 16.1. The Kier molecular flexibility index (Phi) is 3.33. The molecule has 2 aliphatic rings. The summed E-state index contributed by atoms with van der Waals surface area (Å²) in [7, 11) is -0.756. The van der Waals surface area contributed by atoms with Gasteiger partial charge in [0.05, 0.1) is 25.7 Å². The van der Waals surface area contributed by atoms with Gasteiger partial charge in [-0.15, -0.1) is 0 Å². The number of hydrogen-bond donors (Lipinski definition) is 0. The fraction of sp³-hybridized carbons (Fsp3) is 0.750. The van der Waals surface area contributed by atoms with Crippen LogP contribution in [0.3, 0.4) is 0 Å². The molecule has 0 aliphatic carbocycles. The van der Waals surface area contributed by atoms with Gasteiger partial charge in [0.2, 0.25) is 0 Å². The Morgan fingerprint density at radius 2 is 1.91 bits per heavy atom. The van der Waals surface area contributed by atoms with Crippen LogP contribution in [-0.4, -0.2) is 41.4 Å². The van der Waals surface area contributed by atoms with Crippen molar-refractivity contribution < 1.29 is 12.1 Å². The average molecular weight is 305 g/mol. The summed E-state index contributed by atoms with van der Waals surface area (Å²) >= 11 is 0. The third-order valence-corrected chi connectivity index (χ3v) is 4.99. The maximum Gasteiger partial charge on any atom is 0.516 e. The van der Waals surface area contributed by atoms with E-state index in [9.17, 15) is 0 Å². The predicted octanol–water partition coefficient (Wildman–Crippen LogP) is 2.01. The van der Waals surface area contributed by atoms with Gasteiger partial charge in [-0.3, -0.25) is 4.98 Å². The van der Waals surface area contributed by atoms with Crippen molar-refractivity contribution in [3.05, 3.63) is 12.3 Å². The first kappa shape index (κ1) is 13.3. The van der Waals surface area contributed by atoms with Crippen molar-refractivity contribution >= 4 is 18.5 Å². The van der Waals surface area contributed by atoms with Crippen molar-refractivity contribution in [2.24, 2.45) is 5.92 Å². The fourth-order valence-electron chi connectivity index (χ4n) is 2.85. The van der Waals surface area contributed by atoms with Crippen molar-refractivity contribution in [1.29, 1.82) is 0 Å². The quantitative estimate of drug-likeness (QED) is 0.782. The molecule has 1 atom stereocenters. The van der Waals surface area contributed by atoms with Crippen LogP contribution >= 0.6 is 0 Å². The fourth-order valence-corrected chi connectivity index (χ4v) is 2.85. The van der Waals surface area contributed by atoms with Gasteiger partial charge in [0.25, 0.3) is 0 Å². The molecular weight excluding hydrogens is 277 g/mol. The molecule has 6 heteroatoms. The molecular formula is C16H26BN3O2. The molecule has 0 saturated carbocycles. The maximum atomic E-state index is 8.26. The van der Waals surface area contributed by atoms with Gasteiger partial charge in [0, 0.05) is 19.3 Å². The number of nitrogens with zero attached hydrogens (tertiary/aromatic N) is 3. The van der Waals surface area contributed by atoms with Gasteiger partial charge in [0.1, 0.15) is 5.82 Å². The zero-order chi connectivity index (χ0) is 17.7. The van der Waals surface area contributed by atoms with E-state index in [2.05, 4.69) is 21.8 Å². The average Bonchev–Trinajstić information content (AvgIpc) is 2.69. The van der Waals surface area contributed by atoms with Crippen LogP contribution in [0.15, 0.2) is 12.3 Å². The van der Waals surface area contributed by atoms with E-state index in [4.69, 9.17) is 12.1 Å². The second kappa shape index (κ2) is 5.50. The Morgan fingerprint density at radius 1 is 1.23 bits per heavy atom. The van der Waals surface area contributed by atoms with Gasteiger partial charge in [-0.1, -0.05) is 6.92 Å². The minimum absolute atomic E-state index is 0.0257. The van der Waals surface area contributed by atoms with Crippen LogP contribution in [0.5, 0.6) is 0 Å². The summed E-state index contributed by atoms with van der Waals surface area (Å²) in [6, 6.07) is 0. The summed E-state index contributed by atoms with van der Waals surface area (Å²) in [5, 5.41) is 0. The lowest BCUT2D eigenvalue weighted by Gasteiger charge is -2.32. The van der Waals surface area contributed by atoms with Crippen molar-refractivity contribution in [1.82, 2.24) is 9.97 Å². The van der Waals surface area contributed by atoms with Gasteiger partial charge in [-0.05, 0) is 46.5 Å². The van der Waals surface area contributed by atoms with E-state index < -0.39 is 18.3 Å². The van der Waals surface area contributed by atoms with Crippen molar-refractivity contribution in [2.75, 3.05) is 18.0 Å². The smallest absolute Gasteiger partial charge is 0.398 e. The Balaban J connectivity index is 1.88. The maximum absolute atomic E-state index is 8.26. The summed E-state index contributed by atoms with van der Waals surface area (Å²) in [5.41, 5.74) is -0.725. The minimum Gasteiger partial charge on any atom is -0.398 e. The van der Waals surface area contributed by atoms with Crippen LogP contribution < -0.4 is 10.5 Å². The lowest BCUT2D eigenvalue weighted by Crippen LogP contribution is -2.41. The first-order valence-electron chi connectivity index (χ1n) is 9.06. The topological polar surface area (TPSA) is 47.5 Å². The molecule has 2 aliphatic heterocycles. The standard InChI is InChI=1S/C16H26BN3O2/c1-12-7-6-8-20(11-12)14-10-18-13(9-19-14)17-21-15(2,3)16(4,5)22-17/h9-10,12H,6-8,11H2,1-5H3/i9D,10D. The van der Waals surface area contributed by atoms with Crippen LogP contribution in [0, 0.1) is 5.92 Å². The third kappa shape index (κ3) is 2.86. The highest BCUT2D eigenvalue weighted by Gasteiger charge is 2.52. The highest BCUT2D eigenvalue weighted by atomic mass is 16.7. The molecule has 2 saturated heterocycles. The number of hydrogen-bond acceptors (Lipinski definition) is 5. The van der Waals surface area contributed by atoms with Gasteiger partial charge in [-0.2, -0.15) is 0 Å². The van der Waals surface area contributed by atoms with Crippen LogP contribution in [0.1, 0.15) is 50.2 Å². The molecule has 0 aromatic carbocycles. The van der Waals surface area contributed by atoms with Crippen molar-refractivity contribution in [3.63, 3.8) is 0 Å². The number of aromatic nitrogens is 2. The SMILES string of the molecule is [2H]c1nc(N2CCCC(C)C2)c([2H])nc1B1OC(C)(C)C(C)(C)O1. The molecule has 0 bridgehead atoms. The molecule has 120 valence electrons. The second-order valence-corrected chi connectivity index (χ2v) is 7.44. The molecule has 3 rings (SSSR count). The van der Waals surface area contributed by atoms with E-state index in [1.165, 1.54) is 6.42 Å². The number of anilines is 1. The molecule has 1 aromatic heterocycles. The van der Waals surface area contributed by atoms with Gasteiger partial charge in [0.15, 0.2) is 0 Å². The van der Waals surface area contributed by atoms with E-state index in [-0.39, 0.29) is 17.9 Å². The summed E-state index contributed by atoms with van der Waals surface area (Å²) in [5.74, 6) is 1.06. The highest BCUT2D eigenvalue weighted by Crippen LogP contribution is 2.36. The van der Waals surface area contributed by atoms with Crippen molar-refractivity contribution in [3.8, 4) is 0 Å². The number of rotatable bonds is 2. The summed E-state index contributed by atoms with van der Waals surface area (Å²) in [6.45, 7) is 11.7. The summed E-state index contributed by atoms with van der Waals surface area (Å²) < 4.78 is 28.4. The Bertz CT molecular complexity index is 626. The first-order valence-corrected chi connectivity index (χ1v) is 8.06. The predicted molar refractivity (Wildman–Crippen MR) is 88.4 cm³/mol. The van der Waals surface area contributed by atoms with E-state index >= 15 is 0 Å². The minimum atomic E-state index is -0.756. The van der Waals surface area contributed by atoms with Crippen LogP contribution in [0.4, 0.5) is 5.82 Å². The molecule has 0 N–H and O–H groups in total. The molecule has 0 radical (unpaired) electrons. The third-order valence-electron chi connectivity index (χ3n) is 4.99. The van der Waals surface area contributed by atoms with Crippen LogP contribution in [0.25, 0.3) is 0 Å². The van der Waals surface area contributed by atoms with Gasteiger partial charge >= 0.3 is 7.12 Å². The van der Waals surface area contributed by atoms with E-state index in [0.717, 1.165) is 19.5 Å². The van der Waals surface area contributed by atoms with Crippen molar-refractivity contribution in [2.45, 2.75) is 58.7 Å². The highest BCUT2D eigenvalue weighted by molar-refractivity contribution is 6.61.